The summed E-state index contributed by atoms with van der Waals surface area (Å²) in [5.41, 5.74) is 1.37. The molecule has 3 rings (SSSR count). The summed E-state index contributed by atoms with van der Waals surface area (Å²) < 4.78 is 1.67. The van der Waals surface area contributed by atoms with Gasteiger partial charge in [-0.3, -0.25) is 9.36 Å². The Morgan fingerprint density at radius 1 is 1.30 bits per heavy atom. The fraction of sp³-hybridized carbons (Fsp3) is 0.286. The van der Waals surface area contributed by atoms with Gasteiger partial charge in [-0.1, -0.05) is 0 Å². The Morgan fingerprint density at radius 3 is 2.95 bits per heavy atom. The summed E-state index contributed by atoms with van der Waals surface area (Å²) in [6, 6.07) is 3.97. The number of thiophene rings is 2. The summed E-state index contributed by atoms with van der Waals surface area (Å²) >= 11 is 3.26. The summed E-state index contributed by atoms with van der Waals surface area (Å²) in [7, 11) is 0. The Morgan fingerprint density at radius 2 is 2.15 bits per heavy atom. The molecule has 0 aliphatic heterocycles. The highest BCUT2D eigenvalue weighted by Crippen LogP contribution is 2.15. The minimum atomic E-state index is 0.0466. The van der Waals surface area contributed by atoms with Crippen molar-refractivity contribution in [1.29, 1.82) is 0 Å². The van der Waals surface area contributed by atoms with E-state index in [-0.39, 0.29) is 5.56 Å². The lowest BCUT2D eigenvalue weighted by molar-refractivity contribution is 0.584. The Bertz CT molecular complexity index is 772. The van der Waals surface area contributed by atoms with Gasteiger partial charge >= 0.3 is 0 Å². The molecule has 0 saturated heterocycles. The standard InChI is InChI=1S/C14H15N3OS2/c1-10-2-6-19-12(10)8-15-4-5-17-9-16-13-11(14(17)18)3-7-20-13/h2-3,6-7,9,15H,4-5,8H2,1H3. The Balaban J connectivity index is 1.61. The van der Waals surface area contributed by atoms with Crippen LogP contribution in [0.15, 0.2) is 34.0 Å². The molecule has 104 valence electrons. The van der Waals surface area contributed by atoms with Crippen LogP contribution in [0.1, 0.15) is 10.4 Å². The minimum Gasteiger partial charge on any atom is -0.310 e. The van der Waals surface area contributed by atoms with Crippen LogP contribution in [-0.2, 0) is 13.1 Å². The Hall–Kier alpha value is -1.50. The summed E-state index contributed by atoms with van der Waals surface area (Å²) in [4.78, 5) is 18.6. The van der Waals surface area contributed by atoms with E-state index in [9.17, 15) is 4.79 Å². The topological polar surface area (TPSA) is 46.9 Å². The first-order valence-electron chi connectivity index (χ1n) is 6.42. The van der Waals surface area contributed by atoms with Crippen molar-refractivity contribution in [3.8, 4) is 0 Å². The number of aryl methyl sites for hydroxylation is 1. The van der Waals surface area contributed by atoms with Gasteiger partial charge in [0.2, 0.25) is 0 Å². The van der Waals surface area contributed by atoms with Gasteiger partial charge in [0, 0.05) is 24.5 Å². The highest BCUT2D eigenvalue weighted by molar-refractivity contribution is 7.16. The average molecular weight is 305 g/mol. The Labute approximate surface area is 124 Å². The third-order valence-corrected chi connectivity index (χ3v) is 5.08. The zero-order chi connectivity index (χ0) is 13.9. The first kappa shape index (κ1) is 13.5. The number of nitrogens with zero attached hydrogens (tertiary/aromatic N) is 2. The van der Waals surface area contributed by atoms with Crippen LogP contribution in [0.3, 0.4) is 0 Å². The zero-order valence-corrected chi connectivity index (χ0v) is 12.8. The van der Waals surface area contributed by atoms with Crippen LogP contribution in [0.5, 0.6) is 0 Å². The van der Waals surface area contributed by atoms with Gasteiger partial charge in [-0.15, -0.1) is 22.7 Å². The van der Waals surface area contributed by atoms with E-state index in [1.165, 1.54) is 21.8 Å². The van der Waals surface area contributed by atoms with Crippen LogP contribution in [0.4, 0.5) is 0 Å². The van der Waals surface area contributed by atoms with Gasteiger partial charge in [-0.2, -0.15) is 0 Å². The number of fused-ring (bicyclic) bond motifs is 1. The van der Waals surface area contributed by atoms with E-state index >= 15 is 0 Å². The molecule has 20 heavy (non-hydrogen) atoms. The molecule has 0 spiro atoms. The van der Waals surface area contributed by atoms with Crippen LogP contribution in [-0.4, -0.2) is 16.1 Å². The molecule has 4 nitrogen and oxygen atoms in total. The van der Waals surface area contributed by atoms with Gasteiger partial charge in [0.25, 0.3) is 5.56 Å². The van der Waals surface area contributed by atoms with Crippen LogP contribution in [0, 0.1) is 6.92 Å². The van der Waals surface area contributed by atoms with Crippen molar-refractivity contribution in [2.75, 3.05) is 6.54 Å². The molecule has 0 atom stereocenters. The number of aromatic nitrogens is 2. The molecular weight excluding hydrogens is 290 g/mol. The third-order valence-electron chi connectivity index (χ3n) is 3.23. The first-order valence-corrected chi connectivity index (χ1v) is 8.18. The number of rotatable bonds is 5. The second-order valence-electron chi connectivity index (χ2n) is 4.59. The molecule has 3 aromatic rings. The van der Waals surface area contributed by atoms with E-state index in [0.717, 1.165) is 17.9 Å². The monoisotopic (exact) mass is 305 g/mol. The number of nitrogens with one attached hydrogen (secondary N) is 1. The molecule has 0 unspecified atom stereocenters. The Kier molecular flexibility index (Phi) is 3.95. The van der Waals surface area contributed by atoms with Crippen LogP contribution >= 0.6 is 22.7 Å². The predicted octanol–water partition coefficient (Wildman–Crippen LogP) is 2.62. The van der Waals surface area contributed by atoms with Crippen LogP contribution in [0.25, 0.3) is 10.2 Å². The van der Waals surface area contributed by atoms with E-state index in [2.05, 4.69) is 28.7 Å². The highest BCUT2D eigenvalue weighted by atomic mass is 32.1. The molecular formula is C14H15N3OS2. The fourth-order valence-electron chi connectivity index (χ4n) is 2.04. The molecule has 0 aliphatic carbocycles. The molecule has 3 heterocycles. The second-order valence-corrected chi connectivity index (χ2v) is 6.48. The number of hydrogen-bond acceptors (Lipinski definition) is 5. The zero-order valence-electron chi connectivity index (χ0n) is 11.1. The molecule has 0 amide bonds. The molecule has 0 saturated carbocycles. The van der Waals surface area contributed by atoms with Crippen molar-refractivity contribution in [1.82, 2.24) is 14.9 Å². The lowest BCUT2D eigenvalue weighted by atomic mass is 10.3. The van der Waals surface area contributed by atoms with Crippen molar-refractivity contribution in [2.45, 2.75) is 20.0 Å². The molecule has 3 aromatic heterocycles. The molecule has 0 fully saturated rings. The predicted molar refractivity (Wildman–Crippen MR) is 84.6 cm³/mol. The maximum Gasteiger partial charge on any atom is 0.262 e. The smallest absolute Gasteiger partial charge is 0.262 e. The van der Waals surface area contributed by atoms with Crippen molar-refractivity contribution in [3.05, 3.63) is 50.0 Å². The van der Waals surface area contributed by atoms with E-state index in [1.54, 1.807) is 22.2 Å². The van der Waals surface area contributed by atoms with Gasteiger partial charge in [0.1, 0.15) is 4.83 Å². The van der Waals surface area contributed by atoms with Gasteiger partial charge < -0.3 is 5.32 Å². The molecule has 0 aliphatic rings. The third kappa shape index (κ3) is 2.67. The van der Waals surface area contributed by atoms with E-state index in [4.69, 9.17) is 0 Å². The van der Waals surface area contributed by atoms with Crippen molar-refractivity contribution < 1.29 is 0 Å². The molecule has 6 heteroatoms. The van der Waals surface area contributed by atoms with Crippen molar-refractivity contribution in [2.24, 2.45) is 0 Å². The lowest BCUT2D eigenvalue weighted by Gasteiger charge is -2.06. The average Bonchev–Trinajstić information content (AvgIpc) is 3.06. The van der Waals surface area contributed by atoms with Crippen LogP contribution in [0.2, 0.25) is 0 Å². The summed E-state index contributed by atoms with van der Waals surface area (Å²) in [6.07, 6.45) is 1.64. The SMILES string of the molecule is Cc1ccsc1CNCCn1cnc2sccc2c1=O. The summed E-state index contributed by atoms with van der Waals surface area (Å²) in [5, 5.41) is 8.09. The van der Waals surface area contributed by atoms with Gasteiger partial charge in [-0.05, 0) is 35.4 Å². The normalized spacial score (nSPS) is 11.2. The summed E-state index contributed by atoms with van der Waals surface area (Å²) in [5.74, 6) is 0. The maximum absolute atomic E-state index is 12.2. The molecule has 1 N–H and O–H groups in total. The van der Waals surface area contributed by atoms with Gasteiger partial charge in [0.05, 0.1) is 11.7 Å². The highest BCUT2D eigenvalue weighted by Gasteiger charge is 2.04. The van der Waals surface area contributed by atoms with Crippen molar-refractivity contribution >= 4 is 32.9 Å². The van der Waals surface area contributed by atoms with Gasteiger partial charge in [0.15, 0.2) is 0 Å². The first-order chi connectivity index (χ1) is 9.75. The lowest BCUT2D eigenvalue weighted by Crippen LogP contribution is -2.26. The van der Waals surface area contributed by atoms with Crippen LogP contribution < -0.4 is 10.9 Å². The molecule has 0 bridgehead atoms. The van der Waals surface area contributed by atoms with E-state index in [1.807, 2.05) is 11.4 Å². The second kappa shape index (κ2) is 5.87. The largest absolute Gasteiger partial charge is 0.310 e. The van der Waals surface area contributed by atoms with Crippen molar-refractivity contribution in [3.63, 3.8) is 0 Å². The van der Waals surface area contributed by atoms with E-state index < -0.39 is 0 Å². The number of hydrogen-bond donors (Lipinski definition) is 1. The van der Waals surface area contributed by atoms with Gasteiger partial charge in [-0.25, -0.2) is 4.98 Å². The fourth-order valence-corrected chi connectivity index (χ4v) is 3.64. The molecule has 0 aromatic carbocycles. The van der Waals surface area contributed by atoms with E-state index in [0.29, 0.717) is 11.9 Å². The molecule has 0 radical (unpaired) electrons. The quantitative estimate of drug-likeness (QED) is 0.737. The maximum atomic E-state index is 12.2. The minimum absolute atomic E-state index is 0.0466. The summed E-state index contributed by atoms with van der Waals surface area (Å²) in [6.45, 7) is 4.37.